The van der Waals surface area contributed by atoms with Crippen LogP contribution in [0.25, 0.3) is 0 Å². The zero-order valence-corrected chi connectivity index (χ0v) is 14.5. The van der Waals surface area contributed by atoms with Gasteiger partial charge in [0.1, 0.15) is 12.4 Å². The molecule has 25 heavy (non-hydrogen) atoms. The van der Waals surface area contributed by atoms with Crippen molar-refractivity contribution in [2.45, 2.75) is 18.9 Å². The summed E-state index contributed by atoms with van der Waals surface area (Å²) >= 11 is 0. The second kappa shape index (κ2) is 8.58. The summed E-state index contributed by atoms with van der Waals surface area (Å²) in [6.07, 6.45) is 5.13. The third-order valence-electron chi connectivity index (χ3n) is 4.59. The monoisotopic (exact) mass is 340 g/mol. The Kier molecular flexibility index (Phi) is 5.95. The maximum Gasteiger partial charge on any atom is 0.291 e. The average Bonchev–Trinajstić information content (AvgIpc) is 2.69. The number of hydrogen-bond donors (Lipinski definition) is 0. The fraction of sp³-hybridized carbons (Fsp3) is 0.421. The number of likely N-dealkylation sites (N-methyl/N-ethyl adjacent to an activating group) is 1. The van der Waals surface area contributed by atoms with Crippen LogP contribution >= 0.6 is 0 Å². The smallest absolute Gasteiger partial charge is 0.291 e. The molecule has 2 aromatic rings. The summed E-state index contributed by atoms with van der Waals surface area (Å²) in [5.74, 6) is 1.11. The molecule has 0 N–H and O–H groups in total. The van der Waals surface area contributed by atoms with Crippen LogP contribution in [0.1, 0.15) is 23.5 Å². The van der Waals surface area contributed by atoms with Gasteiger partial charge in [0.25, 0.3) is 5.91 Å². The van der Waals surface area contributed by atoms with Crippen LogP contribution in [0.15, 0.2) is 48.8 Å². The van der Waals surface area contributed by atoms with Crippen LogP contribution in [-0.4, -0.2) is 65.0 Å². The van der Waals surface area contributed by atoms with Gasteiger partial charge in [-0.3, -0.25) is 9.69 Å². The lowest BCUT2D eigenvalue weighted by molar-refractivity contribution is 0.0621. The Labute approximate surface area is 148 Å². The summed E-state index contributed by atoms with van der Waals surface area (Å²) in [6.45, 7) is 3.02. The van der Waals surface area contributed by atoms with Gasteiger partial charge in [-0.25, -0.2) is 9.97 Å². The van der Waals surface area contributed by atoms with Gasteiger partial charge < -0.3 is 9.64 Å². The molecule has 1 aliphatic rings. The zero-order valence-electron chi connectivity index (χ0n) is 14.5. The Hall–Kier alpha value is -2.47. The van der Waals surface area contributed by atoms with E-state index >= 15 is 0 Å². The Morgan fingerprint density at radius 3 is 2.52 bits per heavy atom. The average molecular weight is 340 g/mol. The quantitative estimate of drug-likeness (QED) is 0.806. The predicted molar refractivity (Wildman–Crippen MR) is 95.5 cm³/mol. The Bertz CT molecular complexity index is 658. The molecule has 0 radical (unpaired) electrons. The van der Waals surface area contributed by atoms with Crippen LogP contribution in [0, 0.1) is 0 Å². The lowest BCUT2D eigenvalue weighted by atomic mass is 10.0. The van der Waals surface area contributed by atoms with E-state index in [4.69, 9.17) is 4.74 Å². The molecule has 0 unspecified atom stereocenters. The number of carbonyl (C=O) groups is 1. The SMILES string of the molecule is CN(CCOc1ccccc1)C1CCN(C(=O)c2ncccn2)CC1. The summed E-state index contributed by atoms with van der Waals surface area (Å²) in [7, 11) is 2.12. The van der Waals surface area contributed by atoms with Crippen LogP contribution in [0.4, 0.5) is 0 Å². The van der Waals surface area contributed by atoms with E-state index in [2.05, 4.69) is 21.9 Å². The minimum atomic E-state index is -0.0749. The van der Waals surface area contributed by atoms with Gasteiger partial charge >= 0.3 is 0 Å². The first-order valence-corrected chi connectivity index (χ1v) is 8.68. The van der Waals surface area contributed by atoms with Crippen molar-refractivity contribution in [1.82, 2.24) is 19.8 Å². The Morgan fingerprint density at radius 2 is 1.84 bits per heavy atom. The van der Waals surface area contributed by atoms with Gasteiger partial charge in [-0.2, -0.15) is 0 Å². The molecule has 0 bridgehead atoms. The van der Waals surface area contributed by atoms with Crippen molar-refractivity contribution < 1.29 is 9.53 Å². The Morgan fingerprint density at radius 1 is 1.16 bits per heavy atom. The third-order valence-corrected chi connectivity index (χ3v) is 4.59. The first-order chi connectivity index (χ1) is 12.2. The number of benzene rings is 1. The number of nitrogens with zero attached hydrogens (tertiary/aromatic N) is 4. The normalized spacial score (nSPS) is 15.4. The summed E-state index contributed by atoms with van der Waals surface area (Å²) < 4.78 is 5.76. The molecule has 0 saturated carbocycles. The molecule has 1 amide bonds. The first kappa shape index (κ1) is 17.4. The van der Waals surface area contributed by atoms with Crippen LogP contribution in [-0.2, 0) is 0 Å². The van der Waals surface area contributed by atoms with E-state index in [1.807, 2.05) is 35.2 Å². The predicted octanol–water partition coefficient (Wildman–Crippen LogP) is 2.09. The molecule has 3 rings (SSSR count). The van der Waals surface area contributed by atoms with Gasteiger partial charge in [0.2, 0.25) is 5.82 Å². The number of para-hydroxylation sites is 1. The fourth-order valence-electron chi connectivity index (χ4n) is 3.07. The summed E-state index contributed by atoms with van der Waals surface area (Å²) in [5.41, 5.74) is 0. The van der Waals surface area contributed by atoms with Crippen LogP contribution in [0.3, 0.4) is 0 Å². The molecule has 1 aromatic carbocycles. The molecule has 0 atom stereocenters. The van der Waals surface area contributed by atoms with Crippen LogP contribution in [0.5, 0.6) is 5.75 Å². The summed E-state index contributed by atoms with van der Waals surface area (Å²) in [4.78, 5) is 24.6. The van der Waals surface area contributed by atoms with E-state index < -0.39 is 0 Å². The highest BCUT2D eigenvalue weighted by atomic mass is 16.5. The molecule has 6 nitrogen and oxygen atoms in total. The van der Waals surface area contributed by atoms with Gasteiger partial charge in [-0.05, 0) is 38.1 Å². The lowest BCUT2D eigenvalue weighted by Gasteiger charge is -2.36. The maximum absolute atomic E-state index is 12.4. The van der Waals surface area contributed by atoms with E-state index in [0.29, 0.717) is 12.6 Å². The molecular weight excluding hydrogens is 316 g/mol. The van der Waals surface area contributed by atoms with E-state index in [9.17, 15) is 4.79 Å². The van der Waals surface area contributed by atoms with Crippen molar-refractivity contribution in [2.75, 3.05) is 33.3 Å². The molecule has 0 spiro atoms. The standard InChI is InChI=1S/C19H24N4O2/c1-22(14-15-25-17-6-3-2-4-7-17)16-8-12-23(13-9-16)19(24)18-20-10-5-11-21-18/h2-7,10-11,16H,8-9,12-15H2,1H3. The number of hydrogen-bond acceptors (Lipinski definition) is 5. The van der Waals surface area contributed by atoms with E-state index in [1.54, 1.807) is 18.5 Å². The number of rotatable bonds is 6. The highest BCUT2D eigenvalue weighted by Gasteiger charge is 2.26. The maximum atomic E-state index is 12.4. The third kappa shape index (κ3) is 4.76. The second-order valence-electron chi connectivity index (χ2n) is 6.24. The number of amides is 1. The Balaban J connectivity index is 1.41. The lowest BCUT2D eigenvalue weighted by Crippen LogP contribution is -2.46. The topological polar surface area (TPSA) is 58.6 Å². The van der Waals surface area contributed by atoms with E-state index in [-0.39, 0.29) is 11.7 Å². The van der Waals surface area contributed by atoms with Gasteiger partial charge in [0.15, 0.2) is 0 Å². The molecule has 132 valence electrons. The fourth-order valence-corrected chi connectivity index (χ4v) is 3.07. The first-order valence-electron chi connectivity index (χ1n) is 8.68. The molecule has 2 heterocycles. The van der Waals surface area contributed by atoms with Crippen LogP contribution < -0.4 is 4.74 Å². The summed E-state index contributed by atoms with van der Waals surface area (Å²) in [5, 5.41) is 0. The number of carbonyl (C=O) groups excluding carboxylic acids is 1. The zero-order chi connectivity index (χ0) is 17.5. The number of piperidine rings is 1. The molecule has 1 aromatic heterocycles. The van der Waals surface area contributed by atoms with E-state index in [0.717, 1.165) is 38.2 Å². The van der Waals surface area contributed by atoms with Gasteiger partial charge in [-0.1, -0.05) is 18.2 Å². The molecule has 1 aliphatic heterocycles. The number of aromatic nitrogens is 2. The largest absolute Gasteiger partial charge is 0.492 e. The number of likely N-dealkylation sites (tertiary alicyclic amines) is 1. The minimum Gasteiger partial charge on any atom is -0.492 e. The second-order valence-corrected chi connectivity index (χ2v) is 6.24. The van der Waals surface area contributed by atoms with Gasteiger partial charge in [-0.15, -0.1) is 0 Å². The van der Waals surface area contributed by atoms with Crippen molar-refractivity contribution in [3.63, 3.8) is 0 Å². The van der Waals surface area contributed by atoms with Gasteiger partial charge in [0.05, 0.1) is 0 Å². The van der Waals surface area contributed by atoms with Crippen molar-refractivity contribution >= 4 is 5.91 Å². The van der Waals surface area contributed by atoms with Crippen LogP contribution in [0.2, 0.25) is 0 Å². The molecular formula is C19H24N4O2. The van der Waals surface area contributed by atoms with Gasteiger partial charge in [0, 0.05) is 38.1 Å². The highest BCUT2D eigenvalue weighted by molar-refractivity contribution is 5.90. The van der Waals surface area contributed by atoms with Crippen molar-refractivity contribution in [1.29, 1.82) is 0 Å². The van der Waals surface area contributed by atoms with Crippen molar-refractivity contribution in [3.05, 3.63) is 54.6 Å². The van der Waals surface area contributed by atoms with Crippen molar-refractivity contribution in [3.8, 4) is 5.75 Å². The molecule has 1 fully saturated rings. The molecule has 0 aliphatic carbocycles. The molecule has 6 heteroatoms. The summed E-state index contributed by atoms with van der Waals surface area (Å²) in [6, 6.07) is 12.1. The van der Waals surface area contributed by atoms with E-state index in [1.165, 1.54) is 0 Å². The van der Waals surface area contributed by atoms with Crippen molar-refractivity contribution in [2.24, 2.45) is 0 Å². The minimum absolute atomic E-state index is 0.0749. The highest BCUT2D eigenvalue weighted by Crippen LogP contribution is 2.17. The number of ether oxygens (including phenoxy) is 1. The molecule has 1 saturated heterocycles.